The third-order valence-corrected chi connectivity index (χ3v) is 6.42. The van der Waals surface area contributed by atoms with Crippen LogP contribution in [0.4, 0.5) is 8.78 Å². The Hall–Kier alpha value is -3.84. The predicted molar refractivity (Wildman–Crippen MR) is 123 cm³/mol. The number of amides is 1. The second kappa shape index (κ2) is 9.07. The van der Waals surface area contributed by atoms with Crippen molar-refractivity contribution in [1.29, 1.82) is 5.26 Å². The summed E-state index contributed by atoms with van der Waals surface area (Å²) < 4.78 is 35.9. The molecule has 180 valence electrons. The summed E-state index contributed by atoms with van der Waals surface area (Å²) in [7, 11) is 1.32. The summed E-state index contributed by atoms with van der Waals surface area (Å²) in [6.45, 7) is 0.998. The van der Waals surface area contributed by atoms with Gasteiger partial charge in [-0.1, -0.05) is 0 Å². The van der Waals surface area contributed by atoms with Gasteiger partial charge in [0, 0.05) is 36.7 Å². The molecule has 35 heavy (non-hydrogen) atoms. The lowest BCUT2D eigenvalue weighted by molar-refractivity contribution is 0.0702. The zero-order valence-electron chi connectivity index (χ0n) is 19.2. The Morgan fingerprint density at radius 3 is 2.66 bits per heavy atom. The highest BCUT2D eigenvalue weighted by Crippen LogP contribution is 2.45. The molecule has 3 heterocycles. The van der Waals surface area contributed by atoms with Crippen LogP contribution in [0.1, 0.15) is 53.3 Å². The molecule has 10 heteroatoms. The summed E-state index contributed by atoms with van der Waals surface area (Å²) in [5, 5.41) is 9.13. The van der Waals surface area contributed by atoms with Crippen LogP contribution in [0.5, 0.6) is 5.88 Å². The normalized spacial score (nSPS) is 17.8. The Morgan fingerprint density at radius 1 is 1.23 bits per heavy atom. The first-order valence-corrected chi connectivity index (χ1v) is 11.5. The SMILES string of the molecule is COc1ncc(-n2c(-c3ccc(C#N)c(F)c3)nc(C(=O)N3CCC[C@H](N)C3)c2C2CC2)cc1F. The van der Waals surface area contributed by atoms with Gasteiger partial charge in [-0.2, -0.15) is 5.26 Å². The molecule has 1 aromatic carbocycles. The number of hydrogen-bond acceptors (Lipinski definition) is 6. The molecule has 0 spiro atoms. The van der Waals surface area contributed by atoms with E-state index >= 15 is 0 Å². The minimum Gasteiger partial charge on any atom is -0.479 e. The maximum atomic E-state index is 14.7. The van der Waals surface area contributed by atoms with E-state index in [-0.39, 0.29) is 40.8 Å². The minimum absolute atomic E-state index is 0.0436. The fourth-order valence-corrected chi connectivity index (χ4v) is 4.56. The van der Waals surface area contributed by atoms with Gasteiger partial charge < -0.3 is 15.4 Å². The number of imidazole rings is 1. The summed E-state index contributed by atoms with van der Waals surface area (Å²) in [4.78, 5) is 24.1. The van der Waals surface area contributed by atoms with Gasteiger partial charge in [0.05, 0.1) is 30.3 Å². The first-order valence-electron chi connectivity index (χ1n) is 11.5. The molecule has 2 aromatic heterocycles. The Morgan fingerprint density at radius 2 is 2.03 bits per heavy atom. The Balaban J connectivity index is 1.71. The summed E-state index contributed by atoms with van der Waals surface area (Å²) >= 11 is 0. The number of nitrogens with two attached hydrogens (primary N) is 1. The van der Waals surface area contributed by atoms with E-state index in [0.717, 1.165) is 25.7 Å². The number of carbonyl (C=O) groups is 1. The molecular weight excluding hydrogens is 454 g/mol. The lowest BCUT2D eigenvalue weighted by Gasteiger charge is -2.30. The fourth-order valence-electron chi connectivity index (χ4n) is 4.56. The van der Waals surface area contributed by atoms with Crippen molar-refractivity contribution in [2.75, 3.05) is 20.2 Å². The standard InChI is InChI=1S/C25H24F2N6O2/c1-35-24-20(27)10-18(12-30-24)33-22(14-4-5-14)21(25(34)32-8-2-3-17(29)13-32)31-23(33)15-6-7-16(11-28)19(26)9-15/h6-7,9-10,12,14,17H,2-5,8,13,29H2,1H3/t17-/m0/s1. The average Bonchev–Trinajstić information content (AvgIpc) is 3.62. The fraction of sp³-hybridized carbons (Fsp3) is 0.360. The van der Waals surface area contributed by atoms with Gasteiger partial charge in [-0.3, -0.25) is 9.36 Å². The highest BCUT2D eigenvalue weighted by atomic mass is 19.1. The summed E-state index contributed by atoms with van der Waals surface area (Å²) in [6, 6.07) is 7.08. The quantitative estimate of drug-likeness (QED) is 0.601. The second-order valence-electron chi connectivity index (χ2n) is 8.92. The third kappa shape index (κ3) is 4.23. The smallest absolute Gasteiger partial charge is 0.274 e. The predicted octanol–water partition coefficient (Wildman–Crippen LogP) is 3.53. The first-order chi connectivity index (χ1) is 16.9. The van der Waals surface area contributed by atoms with Crippen molar-refractivity contribution in [2.45, 2.75) is 37.6 Å². The van der Waals surface area contributed by atoms with E-state index in [0.29, 0.717) is 30.0 Å². The Labute approximate surface area is 201 Å². The van der Waals surface area contributed by atoms with E-state index in [9.17, 15) is 13.6 Å². The van der Waals surface area contributed by atoms with E-state index in [1.165, 1.54) is 31.5 Å². The molecule has 0 bridgehead atoms. The van der Waals surface area contributed by atoms with Crippen LogP contribution in [0.2, 0.25) is 0 Å². The zero-order chi connectivity index (χ0) is 24.7. The van der Waals surface area contributed by atoms with Crippen LogP contribution < -0.4 is 10.5 Å². The molecule has 0 unspecified atom stereocenters. The number of halogens is 2. The molecule has 0 radical (unpaired) electrons. The molecule has 2 N–H and O–H groups in total. The van der Waals surface area contributed by atoms with Gasteiger partial charge in [-0.15, -0.1) is 0 Å². The number of carbonyl (C=O) groups excluding carboxylic acids is 1. The van der Waals surface area contributed by atoms with Gasteiger partial charge in [0.15, 0.2) is 11.5 Å². The Kier molecular flexibility index (Phi) is 5.94. The van der Waals surface area contributed by atoms with E-state index in [1.807, 2.05) is 0 Å². The number of rotatable bonds is 5. The summed E-state index contributed by atoms with van der Waals surface area (Å²) in [5.41, 5.74) is 7.58. The molecule has 1 saturated heterocycles. The van der Waals surface area contributed by atoms with Gasteiger partial charge in [0.25, 0.3) is 5.91 Å². The molecule has 1 saturated carbocycles. The number of nitrogens with zero attached hydrogens (tertiary/aromatic N) is 5. The number of methoxy groups -OCH3 is 1. The molecule has 1 aliphatic carbocycles. The molecule has 5 rings (SSSR count). The van der Waals surface area contributed by atoms with E-state index in [2.05, 4.69) is 9.97 Å². The molecule has 1 amide bonds. The maximum absolute atomic E-state index is 14.7. The van der Waals surface area contributed by atoms with Gasteiger partial charge in [0.2, 0.25) is 5.88 Å². The number of ether oxygens (including phenoxy) is 1. The number of likely N-dealkylation sites (tertiary alicyclic amines) is 1. The van der Waals surface area contributed by atoms with Crippen molar-refractivity contribution in [3.8, 4) is 29.0 Å². The summed E-state index contributed by atoms with van der Waals surface area (Å²) in [5.74, 6) is -1.48. The maximum Gasteiger partial charge on any atom is 0.274 e. The number of benzene rings is 1. The average molecular weight is 479 g/mol. The lowest BCUT2D eigenvalue weighted by Crippen LogP contribution is -2.46. The molecule has 2 fully saturated rings. The number of hydrogen-bond donors (Lipinski definition) is 1. The number of pyridine rings is 1. The van der Waals surface area contributed by atoms with Crippen LogP contribution >= 0.6 is 0 Å². The van der Waals surface area contributed by atoms with Crippen molar-refractivity contribution in [2.24, 2.45) is 5.73 Å². The number of piperidine rings is 1. The molecule has 8 nitrogen and oxygen atoms in total. The Bertz CT molecular complexity index is 1340. The number of aromatic nitrogens is 3. The highest BCUT2D eigenvalue weighted by Gasteiger charge is 2.37. The highest BCUT2D eigenvalue weighted by molar-refractivity contribution is 5.95. The topological polar surface area (TPSA) is 110 Å². The van der Waals surface area contributed by atoms with Crippen LogP contribution in [0.15, 0.2) is 30.5 Å². The second-order valence-corrected chi connectivity index (χ2v) is 8.92. The molecule has 3 aromatic rings. The van der Waals surface area contributed by atoms with Gasteiger partial charge in [0.1, 0.15) is 17.7 Å². The van der Waals surface area contributed by atoms with Crippen LogP contribution in [0.25, 0.3) is 17.1 Å². The van der Waals surface area contributed by atoms with Crippen LogP contribution in [-0.2, 0) is 0 Å². The van der Waals surface area contributed by atoms with E-state index < -0.39 is 11.6 Å². The van der Waals surface area contributed by atoms with Crippen LogP contribution in [0, 0.1) is 23.0 Å². The van der Waals surface area contributed by atoms with Crippen molar-refractivity contribution in [1.82, 2.24) is 19.4 Å². The van der Waals surface area contributed by atoms with Crippen molar-refractivity contribution in [3.05, 3.63) is 59.0 Å². The third-order valence-electron chi connectivity index (χ3n) is 6.42. The monoisotopic (exact) mass is 478 g/mol. The van der Waals surface area contributed by atoms with Crippen molar-refractivity contribution >= 4 is 5.91 Å². The van der Waals surface area contributed by atoms with Gasteiger partial charge in [-0.25, -0.2) is 18.7 Å². The van der Waals surface area contributed by atoms with Gasteiger partial charge in [-0.05, 0) is 43.9 Å². The van der Waals surface area contributed by atoms with Crippen LogP contribution in [-0.4, -0.2) is 51.6 Å². The zero-order valence-corrected chi connectivity index (χ0v) is 19.2. The van der Waals surface area contributed by atoms with E-state index in [1.54, 1.807) is 21.6 Å². The molecule has 1 aliphatic heterocycles. The molecule has 2 aliphatic rings. The van der Waals surface area contributed by atoms with Crippen molar-refractivity contribution < 1.29 is 18.3 Å². The minimum atomic E-state index is -0.707. The lowest BCUT2D eigenvalue weighted by atomic mass is 10.1. The molecule has 1 atom stereocenters. The van der Waals surface area contributed by atoms with Gasteiger partial charge >= 0.3 is 0 Å². The largest absolute Gasteiger partial charge is 0.479 e. The molecular formula is C25H24F2N6O2. The van der Waals surface area contributed by atoms with Crippen LogP contribution in [0.3, 0.4) is 0 Å². The van der Waals surface area contributed by atoms with E-state index in [4.69, 9.17) is 15.7 Å². The van der Waals surface area contributed by atoms with Crippen molar-refractivity contribution in [3.63, 3.8) is 0 Å². The summed E-state index contributed by atoms with van der Waals surface area (Å²) in [6.07, 6.45) is 4.77. The first kappa shape index (κ1) is 22.9. The number of nitriles is 1.